The molecule has 0 radical (unpaired) electrons. The van der Waals surface area contributed by atoms with E-state index in [1.165, 1.54) is 11.6 Å². The Balaban J connectivity index is 2.46. The summed E-state index contributed by atoms with van der Waals surface area (Å²) in [5, 5.41) is 0.115. The van der Waals surface area contributed by atoms with E-state index in [1.807, 2.05) is 60.3 Å². The fraction of sp³-hybridized carbons (Fsp3) is 0.211. The Kier molecular flexibility index (Phi) is 5.82. The lowest BCUT2D eigenvalue weighted by Crippen LogP contribution is -2.17. The summed E-state index contributed by atoms with van der Waals surface area (Å²) in [6.45, 7) is 5.81. The van der Waals surface area contributed by atoms with Crippen LogP contribution in [-0.4, -0.2) is 11.5 Å². The van der Waals surface area contributed by atoms with Gasteiger partial charge >= 0.3 is 0 Å². The number of thioether (sulfide) groups is 1. The minimum absolute atomic E-state index is 0.0796. The lowest BCUT2D eigenvalue weighted by molar-refractivity contribution is -0.116. The van der Waals surface area contributed by atoms with Crippen LogP contribution in [0.1, 0.15) is 29.2 Å². The van der Waals surface area contributed by atoms with E-state index >= 15 is 0 Å². The number of hydrogen-bond acceptors (Lipinski definition) is 2. The second kappa shape index (κ2) is 7.84. The molecule has 0 saturated heterocycles. The summed E-state index contributed by atoms with van der Waals surface area (Å²) in [6, 6.07) is 20.2. The molecule has 2 aromatic rings. The highest BCUT2D eigenvalue weighted by atomic mass is 32.2. The molecule has 0 N–H and O–H groups in total. The van der Waals surface area contributed by atoms with Gasteiger partial charge in [-0.15, -0.1) is 0 Å². The Morgan fingerprint density at radius 2 is 1.57 bits per heavy atom. The number of carbonyl (C=O) groups is 1. The summed E-state index contributed by atoms with van der Waals surface area (Å²) in [5.41, 5.74) is 2.24. The van der Waals surface area contributed by atoms with Crippen LogP contribution in [0.25, 0.3) is 0 Å². The molecule has 2 heteroatoms. The molecule has 2 aromatic carbocycles. The van der Waals surface area contributed by atoms with Gasteiger partial charge in [0.1, 0.15) is 0 Å². The van der Waals surface area contributed by atoms with Crippen LogP contribution in [0.3, 0.4) is 0 Å². The van der Waals surface area contributed by atoms with Crippen molar-refractivity contribution in [1.29, 1.82) is 0 Å². The van der Waals surface area contributed by atoms with Gasteiger partial charge in [0.25, 0.3) is 0 Å². The first-order valence-electron chi connectivity index (χ1n) is 7.15. The maximum Gasteiger partial charge on any atom is 0.163 e. The third kappa shape index (κ3) is 3.85. The zero-order valence-electron chi connectivity index (χ0n) is 12.2. The average Bonchev–Trinajstić information content (AvgIpc) is 2.56. The van der Waals surface area contributed by atoms with Crippen LogP contribution in [0.2, 0.25) is 0 Å². The Labute approximate surface area is 131 Å². The summed E-state index contributed by atoms with van der Waals surface area (Å²) >= 11 is 1.81. The van der Waals surface area contributed by atoms with Crippen LogP contribution in [0.15, 0.2) is 73.3 Å². The molecule has 0 unspecified atom stereocenters. The van der Waals surface area contributed by atoms with E-state index < -0.39 is 0 Å². The molecule has 0 amide bonds. The molecular weight excluding hydrogens is 276 g/mol. The molecule has 0 aliphatic heterocycles. The van der Waals surface area contributed by atoms with Gasteiger partial charge in [-0.2, -0.15) is 11.8 Å². The fourth-order valence-corrected chi connectivity index (χ4v) is 3.68. The van der Waals surface area contributed by atoms with E-state index in [9.17, 15) is 4.79 Å². The van der Waals surface area contributed by atoms with Crippen LogP contribution in [0.4, 0.5) is 0 Å². The van der Waals surface area contributed by atoms with Crippen LogP contribution in [-0.2, 0) is 4.79 Å². The summed E-state index contributed by atoms with van der Waals surface area (Å²) in [7, 11) is 0. The van der Waals surface area contributed by atoms with Gasteiger partial charge in [-0.1, -0.05) is 74.2 Å². The molecule has 0 heterocycles. The molecule has 108 valence electrons. The van der Waals surface area contributed by atoms with Gasteiger partial charge in [0.2, 0.25) is 0 Å². The summed E-state index contributed by atoms with van der Waals surface area (Å²) in [6.07, 6.45) is 1.45. The standard InChI is InChI=1S/C19H20OS/c1-3-17(20)18(15-11-7-5-8-12-15)19(21-4-2)16-13-9-6-10-14-16/h3,5-14,18-19H,1,4H2,2H3/t18-,19-/m0/s1. The zero-order chi connectivity index (χ0) is 15.1. The van der Waals surface area contributed by atoms with Gasteiger partial charge in [-0.25, -0.2) is 0 Å². The monoisotopic (exact) mass is 296 g/mol. The highest BCUT2D eigenvalue weighted by Gasteiger charge is 2.29. The van der Waals surface area contributed by atoms with Gasteiger partial charge < -0.3 is 0 Å². The second-order valence-electron chi connectivity index (χ2n) is 4.78. The molecule has 2 rings (SSSR count). The van der Waals surface area contributed by atoms with Crippen molar-refractivity contribution in [1.82, 2.24) is 0 Å². The molecule has 0 aliphatic rings. The number of rotatable bonds is 7. The largest absolute Gasteiger partial charge is 0.294 e. The van der Waals surface area contributed by atoms with Gasteiger partial charge in [0, 0.05) is 5.25 Å². The smallest absolute Gasteiger partial charge is 0.163 e. The predicted molar refractivity (Wildman–Crippen MR) is 91.7 cm³/mol. The van der Waals surface area contributed by atoms with Crippen LogP contribution in [0, 0.1) is 0 Å². The Hall–Kier alpha value is -1.80. The highest BCUT2D eigenvalue weighted by molar-refractivity contribution is 7.99. The maximum absolute atomic E-state index is 12.5. The molecule has 0 spiro atoms. The molecule has 0 bridgehead atoms. The number of benzene rings is 2. The molecule has 21 heavy (non-hydrogen) atoms. The van der Waals surface area contributed by atoms with Crippen molar-refractivity contribution >= 4 is 17.5 Å². The first-order chi connectivity index (χ1) is 10.3. The normalized spacial score (nSPS) is 13.4. The molecule has 0 aromatic heterocycles. The van der Waals surface area contributed by atoms with E-state index in [1.54, 1.807) is 0 Å². The van der Waals surface area contributed by atoms with Gasteiger partial charge in [-0.05, 0) is 23.0 Å². The van der Waals surface area contributed by atoms with Crippen molar-refractivity contribution in [3.63, 3.8) is 0 Å². The van der Waals surface area contributed by atoms with Gasteiger partial charge in [0.05, 0.1) is 5.92 Å². The lowest BCUT2D eigenvalue weighted by atomic mass is 9.88. The topological polar surface area (TPSA) is 17.1 Å². The fourth-order valence-electron chi connectivity index (χ4n) is 2.48. The summed E-state index contributed by atoms with van der Waals surface area (Å²) < 4.78 is 0. The Morgan fingerprint density at radius 1 is 1.05 bits per heavy atom. The Morgan fingerprint density at radius 3 is 2.05 bits per heavy atom. The van der Waals surface area contributed by atoms with Crippen LogP contribution >= 0.6 is 11.8 Å². The molecule has 1 nitrogen and oxygen atoms in total. The van der Waals surface area contributed by atoms with E-state index in [4.69, 9.17) is 0 Å². The van der Waals surface area contributed by atoms with E-state index in [0.717, 1.165) is 11.3 Å². The van der Waals surface area contributed by atoms with Crippen molar-refractivity contribution in [3.05, 3.63) is 84.4 Å². The summed E-state index contributed by atoms with van der Waals surface area (Å²) in [4.78, 5) is 12.5. The van der Waals surface area contributed by atoms with Crippen molar-refractivity contribution < 1.29 is 4.79 Å². The van der Waals surface area contributed by atoms with Crippen molar-refractivity contribution in [3.8, 4) is 0 Å². The van der Waals surface area contributed by atoms with Crippen molar-refractivity contribution in [2.75, 3.05) is 5.75 Å². The maximum atomic E-state index is 12.5. The highest BCUT2D eigenvalue weighted by Crippen LogP contribution is 2.42. The number of hydrogen-bond donors (Lipinski definition) is 0. The van der Waals surface area contributed by atoms with Crippen LogP contribution in [0.5, 0.6) is 0 Å². The first kappa shape index (κ1) is 15.6. The number of carbonyl (C=O) groups excluding carboxylic acids is 1. The average molecular weight is 296 g/mol. The molecule has 0 fully saturated rings. The number of ketones is 1. The quantitative estimate of drug-likeness (QED) is 0.667. The third-order valence-electron chi connectivity index (χ3n) is 3.44. The van der Waals surface area contributed by atoms with E-state index in [0.29, 0.717) is 0 Å². The molecule has 0 aliphatic carbocycles. The second-order valence-corrected chi connectivity index (χ2v) is 6.20. The SMILES string of the molecule is C=CC(=O)[C@H](c1ccccc1)[C@@H](SCC)c1ccccc1. The zero-order valence-corrected chi connectivity index (χ0v) is 13.1. The molecule has 2 atom stereocenters. The van der Waals surface area contributed by atoms with Crippen LogP contribution < -0.4 is 0 Å². The van der Waals surface area contributed by atoms with Gasteiger partial charge in [-0.3, -0.25) is 4.79 Å². The van der Waals surface area contributed by atoms with Gasteiger partial charge in [0.15, 0.2) is 5.78 Å². The Bertz CT molecular complexity index is 577. The predicted octanol–water partition coefficient (Wildman–Crippen LogP) is 5.02. The number of allylic oxidation sites excluding steroid dienone is 1. The first-order valence-corrected chi connectivity index (χ1v) is 8.20. The lowest BCUT2D eigenvalue weighted by Gasteiger charge is -2.25. The van der Waals surface area contributed by atoms with E-state index in [-0.39, 0.29) is 17.0 Å². The minimum Gasteiger partial charge on any atom is -0.294 e. The minimum atomic E-state index is -0.184. The van der Waals surface area contributed by atoms with Crippen molar-refractivity contribution in [2.24, 2.45) is 0 Å². The molecular formula is C19H20OS. The molecule has 0 saturated carbocycles. The third-order valence-corrected chi connectivity index (χ3v) is 4.68. The van der Waals surface area contributed by atoms with Crippen molar-refractivity contribution in [2.45, 2.75) is 18.1 Å². The van der Waals surface area contributed by atoms with E-state index in [2.05, 4.69) is 25.6 Å². The summed E-state index contributed by atoms with van der Waals surface area (Å²) in [5.74, 6) is 0.861.